The van der Waals surface area contributed by atoms with Crippen LogP contribution in [0.1, 0.15) is 0 Å². The minimum absolute atomic E-state index is 0.194. The molecule has 4 rings (SSSR count). The second kappa shape index (κ2) is 7.64. The number of benzene rings is 2. The summed E-state index contributed by atoms with van der Waals surface area (Å²) in [6, 6.07) is 10.4. The molecule has 2 aromatic carbocycles. The van der Waals surface area contributed by atoms with E-state index < -0.39 is 0 Å². The van der Waals surface area contributed by atoms with Crippen LogP contribution in [0.2, 0.25) is 10.0 Å². The highest BCUT2D eigenvalue weighted by Crippen LogP contribution is 2.36. The number of halogens is 2. The maximum absolute atomic E-state index is 12.1. The van der Waals surface area contributed by atoms with E-state index in [0.717, 1.165) is 11.3 Å². The van der Waals surface area contributed by atoms with Gasteiger partial charge >= 0.3 is 0 Å². The van der Waals surface area contributed by atoms with Gasteiger partial charge in [-0.15, -0.1) is 11.3 Å². The van der Waals surface area contributed by atoms with Gasteiger partial charge in [0.05, 0.1) is 10.7 Å². The quantitative estimate of drug-likeness (QED) is 0.635. The van der Waals surface area contributed by atoms with Crippen LogP contribution in [0.15, 0.2) is 41.8 Å². The Hall–Kier alpha value is -2.48. The van der Waals surface area contributed by atoms with Crippen LogP contribution in [0, 0.1) is 0 Å². The van der Waals surface area contributed by atoms with Gasteiger partial charge < -0.3 is 14.2 Å². The number of hydrogen-bond acceptors (Lipinski definition) is 6. The van der Waals surface area contributed by atoms with Crippen molar-refractivity contribution in [1.82, 2.24) is 4.98 Å². The van der Waals surface area contributed by atoms with E-state index in [0.29, 0.717) is 32.4 Å². The molecule has 1 aliphatic rings. The van der Waals surface area contributed by atoms with Gasteiger partial charge in [-0.25, -0.2) is 4.98 Å². The molecule has 3 aromatic rings. The number of carbonyl (C=O) groups excluding carboxylic acids is 1. The Bertz CT molecular complexity index is 1010. The van der Waals surface area contributed by atoms with Gasteiger partial charge in [0.1, 0.15) is 5.75 Å². The first kappa shape index (κ1) is 17.9. The predicted octanol–water partition coefficient (Wildman–Crippen LogP) is 4.86. The zero-order valence-electron chi connectivity index (χ0n) is 13.7. The Kier molecular flexibility index (Phi) is 5.07. The molecule has 0 aliphatic carbocycles. The lowest BCUT2D eigenvalue weighted by molar-refractivity contribution is -0.118. The second-order valence-corrected chi connectivity index (χ2v) is 7.22. The lowest BCUT2D eigenvalue weighted by atomic mass is 10.1. The molecular formula is C18H12Cl2N2O4S. The van der Waals surface area contributed by atoms with Crippen LogP contribution in [-0.4, -0.2) is 24.3 Å². The maximum atomic E-state index is 12.1. The van der Waals surface area contributed by atoms with Gasteiger partial charge in [0.25, 0.3) is 5.91 Å². The van der Waals surface area contributed by atoms with E-state index in [-0.39, 0.29) is 19.3 Å². The van der Waals surface area contributed by atoms with Crippen molar-refractivity contribution in [2.24, 2.45) is 0 Å². The fourth-order valence-corrected chi connectivity index (χ4v) is 3.61. The largest absolute Gasteiger partial charge is 0.482 e. The first-order valence-corrected chi connectivity index (χ1v) is 9.45. The number of nitrogens with one attached hydrogen (secondary N) is 1. The van der Waals surface area contributed by atoms with E-state index in [1.807, 2.05) is 23.6 Å². The number of thiazole rings is 1. The van der Waals surface area contributed by atoms with E-state index in [1.165, 1.54) is 11.3 Å². The molecule has 0 radical (unpaired) electrons. The highest BCUT2D eigenvalue weighted by molar-refractivity contribution is 7.14. The average Bonchev–Trinajstić information content (AvgIpc) is 3.29. The van der Waals surface area contributed by atoms with Crippen LogP contribution >= 0.6 is 34.5 Å². The van der Waals surface area contributed by atoms with Crippen molar-refractivity contribution in [2.45, 2.75) is 0 Å². The first-order valence-electron chi connectivity index (χ1n) is 7.82. The smallest absolute Gasteiger partial charge is 0.264 e. The van der Waals surface area contributed by atoms with E-state index in [2.05, 4.69) is 10.3 Å². The minimum Gasteiger partial charge on any atom is -0.482 e. The summed E-state index contributed by atoms with van der Waals surface area (Å²) >= 11 is 13.2. The molecule has 6 nitrogen and oxygen atoms in total. The summed E-state index contributed by atoms with van der Waals surface area (Å²) in [5.41, 5.74) is 1.61. The van der Waals surface area contributed by atoms with Crippen molar-refractivity contribution in [3.63, 3.8) is 0 Å². The number of ether oxygens (including phenoxy) is 3. The number of carbonyl (C=O) groups is 1. The summed E-state index contributed by atoms with van der Waals surface area (Å²) in [6.07, 6.45) is 0. The molecule has 0 atom stereocenters. The number of hydrogen-bond donors (Lipinski definition) is 1. The third kappa shape index (κ3) is 4.10. The lowest BCUT2D eigenvalue weighted by Crippen LogP contribution is -2.20. The number of fused-ring (bicyclic) bond motifs is 1. The average molecular weight is 423 g/mol. The third-order valence-corrected chi connectivity index (χ3v) is 4.96. The summed E-state index contributed by atoms with van der Waals surface area (Å²) in [5.74, 6) is 1.43. The zero-order chi connectivity index (χ0) is 18.8. The number of anilines is 1. The predicted molar refractivity (Wildman–Crippen MR) is 104 cm³/mol. The Balaban J connectivity index is 1.38. The molecule has 1 amide bonds. The Morgan fingerprint density at radius 1 is 1.19 bits per heavy atom. The van der Waals surface area contributed by atoms with Crippen LogP contribution in [0.5, 0.6) is 17.2 Å². The molecule has 1 N–H and O–H groups in total. The Morgan fingerprint density at radius 2 is 2.04 bits per heavy atom. The number of rotatable bonds is 5. The van der Waals surface area contributed by atoms with Crippen molar-refractivity contribution in [3.8, 4) is 28.5 Å². The van der Waals surface area contributed by atoms with Crippen molar-refractivity contribution >= 4 is 45.6 Å². The molecule has 1 aromatic heterocycles. The first-order chi connectivity index (χ1) is 13.1. The SMILES string of the molecule is O=C(COc1ccc(Cl)cc1Cl)Nc1nc(-c2ccc3c(c2)OCO3)cs1. The van der Waals surface area contributed by atoms with E-state index in [1.54, 1.807) is 18.2 Å². The normalized spacial score (nSPS) is 12.1. The van der Waals surface area contributed by atoms with Gasteiger partial charge in [-0.2, -0.15) is 0 Å². The van der Waals surface area contributed by atoms with Crippen LogP contribution in [0.3, 0.4) is 0 Å². The molecule has 9 heteroatoms. The van der Waals surface area contributed by atoms with Crippen molar-refractivity contribution in [2.75, 3.05) is 18.7 Å². The number of nitrogens with zero attached hydrogens (tertiary/aromatic N) is 1. The van der Waals surface area contributed by atoms with Gasteiger partial charge in [-0.1, -0.05) is 23.2 Å². The van der Waals surface area contributed by atoms with Gasteiger partial charge in [0.15, 0.2) is 23.2 Å². The van der Waals surface area contributed by atoms with Crippen LogP contribution < -0.4 is 19.5 Å². The van der Waals surface area contributed by atoms with Crippen molar-refractivity contribution in [1.29, 1.82) is 0 Å². The zero-order valence-corrected chi connectivity index (χ0v) is 16.0. The van der Waals surface area contributed by atoms with Gasteiger partial charge in [0.2, 0.25) is 6.79 Å². The molecule has 27 heavy (non-hydrogen) atoms. The molecule has 0 spiro atoms. The summed E-state index contributed by atoms with van der Waals surface area (Å²) in [5, 5.41) is 5.86. The maximum Gasteiger partial charge on any atom is 0.264 e. The molecule has 0 bridgehead atoms. The molecule has 138 valence electrons. The summed E-state index contributed by atoms with van der Waals surface area (Å²) in [7, 11) is 0. The summed E-state index contributed by atoms with van der Waals surface area (Å²) in [4.78, 5) is 16.5. The number of aromatic nitrogens is 1. The topological polar surface area (TPSA) is 69.7 Å². The Morgan fingerprint density at radius 3 is 2.89 bits per heavy atom. The summed E-state index contributed by atoms with van der Waals surface area (Å²) < 4.78 is 16.1. The summed E-state index contributed by atoms with van der Waals surface area (Å²) in [6.45, 7) is 0.0229. The van der Waals surface area contributed by atoms with Gasteiger partial charge in [-0.3, -0.25) is 10.1 Å². The van der Waals surface area contributed by atoms with Crippen LogP contribution in [-0.2, 0) is 4.79 Å². The van der Waals surface area contributed by atoms with E-state index >= 15 is 0 Å². The second-order valence-electron chi connectivity index (χ2n) is 5.52. The van der Waals surface area contributed by atoms with Crippen molar-refractivity contribution in [3.05, 3.63) is 51.8 Å². The van der Waals surface area contributed by atoms with Crippen molar-refractivity contribution < 1.29 is 19.0 Å². The van der Waals surface area contributed by atoms with Gasteiger partial charge in [0, 0.05) is 16.0 Å². The molecule has 0 unspecified atom stereocenters. The molecular weight excluding hydrogens is 411 g/mol. The van der Waals surface area contributed by atoms with Crippen LogP contribution in [0.4, 0.5) is 5.13 Å². The fraction of sp³-hybridized carbons (Fsp3) is 0.111. The standard InChI is InChI=1S/C18H12Cl2N2O4S/c19-11-2-4-14(12(20)6-11)24-7-17(23)22-18-21-13(8-27-18)10-1-3-15-16(5-10)26-9-25-15/h1-6,8H,7,9H2,(H,21,22,23). The fourth-order valence-electron chi connectivity index (χ4n) is 2.41. The molecule has 0 fully saturated rings. The molecule has 0 saturated carbocycles. The highest BCUT2D eigenvalue weighted by atomic mass is 35.5. The third-order valence-electron chi connectivity index (χ3n) is 3.67. The van der Waals surface area contributed by atoms with Gasteiger partial charge in [-0.05, 0) is 36.4 Å². The number of amides is 1. The molecule has 0 saturated heterocycles. The Labute approximate surface area is 168 Å². The molecule has 1 aliphatic heterocycles. The monoisotopic (exact) mass is 422 g/mol. The van der Waals surface area contributed by atoms with E-state index in [9.17, 15) is 4.79 Å². The van der Waals surface area contributed by atoms with E-state index in [4.69, 9.17) is 37.4 Å². The minimum atomic E-state index is -0.340. The lowest BCUT2D eigenvalue weighted by Gasteiger charge is -2.07. The highest BCUT2D eigenvalue weighted by Gasteiger charge is 2.15. The molecule has 2 heterocycles. The van der Waals surface area contributed by atoms with Crippen LogP contribution in [0.25, 0.3) is 11.3 Å².